The van der Waals surface area contributed by atoms with E-state index in [9.17, 15) is 0 Å². The van der Waals surface area contributed by atoms with Gasteiger partial charge in [0, 0.05) is 24.1 Å². The second-order valence-corrected chi connectivity index (χ2v) is 3.89. The second-order valence-electron chi connectivity index (χ2n) is 3.89. The molecular formula is C10H13N3. The maximum atomic E-state index is 4.62. The Morgan fingerprint density at radius 3 is 3.38 bits per heavy atom. The number of nitrogens with zero attached hydrogens (tertiary/aromatic N) is 1. The average molecular weight is 175 g/mol. The summed E-state index contributed by atoms with van der Waals surface area (Å²) in [5, 5.41) is 0. The molecule has 3 rings (SSSR count). The molecule has 0 amide bonds. The van der Waals surface area contributed by atoms with Gasteiger partial charge in [-0.1, -0.05) is 12.2 Å². The maximum absolute atomic E-state index is 4.62. The summed E-state index contributed by atoms with van der Waals surface area (Å²) in [6, 6.07) is 0. The number of rotatable bonds is 0. The van der Waals surface area contributed by atoms with Crippen molar-refractivity contribution in [3.05, 3.63) is 23.9 Å². The van der Waals surface area contributed by atoms with Crippen molar-refractivity contribution in [2.24, 2.45) is 16.8 Å². The normalized spacial score (nSPS) is 35.7. The second kappa shape index (κ2) is 2.70. The Morgan fingerprint density at radius 2 is 2.38 bits per heavy atom. The van der Waals surface area contributed by atoms with E-state index in [1.807, 2.05) is 0 Å². The summed E-state index contributed by atoms with van der Waals surface area (Å²) in [4.78, 5) is 4.62. The highest BCUT2D eigenvalue weighted by molar-refractivity contribution is 5.87. The van der Waals surface area contributed by atoms with Crippen molar-refractivity contribution in [2.45, 2.75) is 12.8 Å². The summed E-state index contributed by atoms with van der Waals surface area (Å²) in [6.07, 6.45) is 8.90. The zero-order valence-corrected chi connectivity index (χ0v) is 7.46. The summed E-state index contributed by atoms with van der Waals surface area (Å²) in [5.74, 6) is 2.42. The van der Waals surface area contributed by atoms with Crippen LogP contribution in [-0.2, 0) is 0 Å². The van der Waals surface area contributed by atoms with Crippen LogP contribution in [0.1, 0.15) is 12.8 Å². The third-order valence-corrected chi connectivity index (χ3v) is 3.01. The molecule has 0 saturated carbocycles. The van der Waals surface area contributed by atoms with Crippen LogP contribution in [0, 0.1) is 11.8 Å². The van der Waals surface area contributed by atoms with Gasteiger partial charge >= 0.3 is 0 Å². The van der Waals surface area contributed by atoms with E-state index in [0.717, 1.165) is 12.4 Å². The fourth-order valence-corrected chi connectivity index (χ4v) is 2.27. The summed E-state index contributed by atoms with van der Waals surface area (Å²) in [6.45, 7) is 1.03. The lowest BCUT2D eigenvalue weighted by Gasteiger charge is -2.26. The number of allylic oxidation sites excluding steroid dienone is 4. The molecule has 2 N–H and O–H groups in total. The summed E-state index contributed by atoms with van der Waals surface area (Å²) in [7, 11) is 0. The van der Waals surface area contributed by atoms with Crippen molar-refractivity contribution in [1.82, 2.24) is 10.9 Å². The molecule has 2 heterocycles. The third-order valence-electron chi connectivity index (χ3n) is 3.01. The van der Waals surface area contributed by atoms with Crippen LogP contribution in [0.5, 0.6) is 0 Å². The van der Waals surface area contributed by atoms with E-state index in [2.05, 4.69) is 34.1 Å². The summed E-state index contributed by atoms with van der Waals surface area (Å²) in [5.41, 5.74) is 7.53. The topological polar surface area (TPSA) is 36.4 Å². The van der Waals surface area contributed by atoms with Gasteiger partial charge in [-0.2, -0.15) is 0 Å². The van der Waals surface area contributed by atoms with E-state index in [-0.39, 0.29) is 0 Å². The molecule has 13 heavy (non-hydrogen) atoms. The van der Waals surface area contributed by atoms with Crippen LogP contribution in [0.3, 0.4) is 0 Å². The first-order valence-electron chi connectivity index (χ1n) is 4.87. The smallest absolute Gasteiger partial charge is 0.120 e. The highest BCUT2D eigenvalue weighted by Gasteiger charge is 2.31. The average Bonchev–Trinajstić information content (AvgIpc) is 2.61. The van der Waals surface area contributed by atoms with Crippen LogP contribution >= 0.6 is 0 Å². The molecule has 3 aliphatic rings. The summed E-state index contributed by atoms with van der Waals surface area (Å²) < 4.78 is 0. The molecule has 1 aliphatic carbocycles. The molecule has 0 radical (unpaired) electrons. The minimum atomic E-state index is 0.619. The maximum Gasteiger partial charge on any atom is 0.120 e. The predicted octanol–water partition coefficient (Wildman–Crippen LogP) is 0.973. The van der Waals surface area contributed by atoms with Gasteiger partial charge < -0.3 is 5.43 Å². The van der Waals surface area contributed by atoms with Crippen LogP contribution in [0.25, 0.3) is 0 Å². The van der Waals surface area contributed by atoms with E-state index < -0.39 is 0 Å². The van der Waals surface area contributed by atoms with Gasteiger partial charge in [-0.05, 0) is 18.9 Å². The molecule has 0 bridgehead atoms. The molecule has 1 fully saturated rings. The zero-order valence-electron chi connectivity index (χ0n) is 7.46. The molecule has 1 saturated heterocycles. The van der Waals surface area contributed by atoms with Crippen molar-refractivity contribution < 1.29 is 0 Å². The Morgan fingerprint density at radius 1 is 1.38 bits per heavy atom. The number of hydrazine groups is 1. The van der Waals surface area contributed by atoms with E-state index in [0.29, 0.717) is 11.8 Å². The van der Waals surface area contributed by atoms with Crippen LogP contribution in [0.15, 0.2) is 28.9 Å². The first-order valence-corrected chi connectivity index (χ1v) is 4.87. The molecular weight excluding hydrogens is 162 g/mol. The Balaban J connectivity index is 1.97. The van der Waals surface area contributed by atoms with E-state index in [1.165, 1.54) is 18.5 Å². The Kier molecular flexibility index (Phi) is 1.52. The fourth-order valence-electron chi connectivity index (χ4n) is 2.27. The van der Waals surface area contributed by atoms with Crippen molar-refractivity contribution in [1.29, 1.82) is 0 Å². The standard InChI is InChI=1S/C10H13N3/c1-2-4-9-7(3-1)5-8-6-11-13-10(8)12-9/h1-2,4,7-8,11H,3,5-6H2,(H,12,13). The lowest BCUT2D eigenvalue weighted by atomic mass is 9.84. The molecule has 68 valence electrons. The largest absolute Gasteiger partial charge is 0.309 e. The first-order chi connectivity index (χ1) is 6.43. The number of hydrogen-bond donors (Lipinski definition) is 2. The fraction of sp³-hybridized carbons (Fsp3) is 0.500. The lowest BCUT2D eigenvalue weighted by molar-refractivity contribution is 0.470. The predicted molar refractivity (Wildman–Crippen MR) is 52.0 cm³/mol. The van der Waals surface area contributed by atoms with Crippen molar-refractivity contribution in [2.75, 3.05) is 6.54 Å². The zero-order chi connectivity index (χ0) is 8.67. The molecule has 0 spiro atoms. The number of nitrogens with one attached hydrogen (secondary N) is 2. The van der Waals surface area contributed by atoms with Gasteiger partial charge in [-0.25, -0.2) is 10.4 Å². The minimum Gasteiger partial charge on any atom is -0.309 e. The molecule has 3 heteroatoms. The highest BCUT2D eigenvalue weighted by atomic mass is 15.4. The first kappa shape index (κ1) is 7.33. The number of fused-ring (bicyclic) bond motifs is 2. The molecule has 0 aromatic rings. The Bertz CT molecular complexity index is 314. The van der Waals surface area contributed by atoms with Crippen molar-refractivity contribution >= 4 is 5.84 Å². The van der Waals surface area contributed by atoms with Gasteiger partial charge in [0.1, 0.15) is 5.84 Å². The van der Waals surface area contributed by atoms with E-state index in [4.69, 9.17) is 0 Å². The van der Waals surface area contributed by atoms with Gasteiger partial charge in [0.05, 0.1) is 0 Å². The van der Waals surface area contributed by atoms with Crippen LogP contribution < -0.4 is 10.9 Å². The monoisotopic (exact) mass is 175 g/mol. The number of amidine groups is 1. The Labute approximate surface area is 77.6 Å². The molecule has 2 unspecified atom stereocenters. The van der Waals surface area contributed by atoms with E-state index in [1.54, 1.807) is 0 Å². The molecule has 0 aromatic heterocycles. The Hall–Kier alpha value is -1.09. The van der Waals surface area contributed by atoms with Gasteiger partial charge in [0.25, 0.3) is 0 Å². The van der Waals surface area contributed by atoms with E-state index >= 15 is 0 Å². The van der Waals surface area contributed by atoms with Crippen molar-refractivity contribution in [3.8, 4) is 0 Å². The highest BCUT2D eigenvalue weighted by Crippen LogP contribution is 2.33. The number of hydrogen-bond acceptors (Lipinski definition) is 3. The summed E-state index contributed by atoms with van der Waals surface area (Å²) >= 11 is 0. The van der Waals surface area contributed by atoms with Crippen LogP contribution in [0.4, 0.5) is 0 Å². The van der Waals surface area contributed by atoms with Crippen LogP contribution in [-0.4, -0.2) is 12.4 Å². The molecule has 2 atom stereocenters. The SMILES string of the molecule is C1=CCC2CC3CNNC3=NC2=C1. The van der Waals surface area contributed by atoms with Crippen LogP contribution in [0.2, 0.25) is 0 Å². The van der Waals surface area contributed by atoms with Gasteiger partial charge in [-0.3, -0.25) is 0 Å². The molecule has 0 aromatic carbocycles. The quantitative estimate of drug-likeness (QED) is 0.575. The van der Waals surface area contributed by atoms with Gasteiger partial charge in [0.15, 0.2) is 0 Å². The third kappa shape index (κ3) is 1.11. The van der Waals surface area contributed by atoms with Gasteiger partial charge in [-0.15, -0.1) is 0 Å². The minimum absolute atomic E-state index is 0.619. The van der Waals surface area contributed by atoms with Crippen molar-refractivity contribution in [3.63, 3.8) is 0 Å². The molecule has 3 nitrogen and oxygen atoms in total. The number of aliphatic imine (C=N–C) groups is 1. The lowest BCUT2D eigenvalue weighted by Crippen LogP contribution is -2.30. The molecule has 2 aliphatic heterocycles. The van der Waals surface area contributed by atoms with Gasteiger partial charge in [0.2, 0.25) is 0 Å².